The molecule has 0 amide bonds. The lowest BCUT2D eigenvalue weighted by atomic mass is 10.1. The highest BCUT2D eigenvalue weighted by Crippen LogP contribution is 2.36. The number of aromatic nitrogens is 7. The van der Waals surface area contributed by atoms with Crippen LogP contribution in [0.1, 0.15) is 30.3 Å². The van der Waals surface area contributed by atoms with Crippen LogP contribution in [0.25, 0.3) is 11.4 Å². The maximum atomic E-state index is 6.28. The normalized spacial score (nSPS) is 16.2. The topological polar surface area (TPSA) is 122 Å². The second-order valence-corrected chi connectivity index (χ2v) is 7.38. The van der Waals surface area contributed by atoms with Crippen LogP contribution in [0.4, 0.5) is 17.6 Å². The second-order valence-electron chi connectivity index (χ2n) is 6.99. The highest BCUT2D eigenvalue weighted by atomic mass is 35.5. The fourth-order valence-corrected chi connectivity index (χ4v) is 3.69. The van der Waals surface area contributed by atoms with Gasteiger partial charge in [0.25, 0.3) is 0 Å². The molecule has 5 heterocycles. The first-order valence-corrected chi connectivity index (χ1v) is 9.87. The minimum Gasteiger partial charge on any atom is -0.358 e. The number of rotatable bonds is 5. The van der Waals surface area contributed by atoms with Crippen LogP contribution in [0.5, 0.6) is 0 Å². The van der Waals surface area contributed by atoms with Gasteiger partial charge in [-0.3, -0.25) is 15.1 Å². The number of hydrogen-bond donors (Lipinski definition) is 2. The van der Waals surface area contributed by atoms with E-state index >= 15 is 0 Å². The number of aryl methyl sites for hydroxylation is 1. The van der Waals surface area contributed by atoms with E-state index in [1.54, 1.807) is 24.7 Å². The Morgan fingerprint density at radius 1 is 1.17 bits per heavy atom. The van der Waals surface area contributed by atoms with E-state index in [2.05, 4.69) is 45.5 Å². The number of nitrogens with one attached hydrogen (secondary N) is 2. The molecule has 1 atom stereocenters. The van der Waals surface area contributed by atoms with E-state index in [0.29, 0.717) is 34.1 Å². The summed E-state index contributed by atoms with van der Waals surface area (Å²) in [4.78, 5) is 19.5. The third-order valence-electron chi connectivity index (χ3n) is 4.84. The summed E-state index contributed by atoms with van der Waals surface area (Å²) in [6, 6.07) is 5.41. The monoisotopic (exact) mass is 423 g/mol. The summed E-state index contributed by atoms with van der Waals surface area (Å²) in [5, 5.41) is 14.7. The Hall–Kier alpha value is -3.53. The van der Waals surface area contributed by atoms with Crippen LogP contribution in [0, 0.1) is 6.92 Å². The van der Waals surface area contributed by atoms with Gasteiger partial charge in [-0.05, 0) is 19.8 Å². The van der Waals surface area contributed by atoms with Crippen molar-refractivity contribution < 1.29 is 4.52 Å². The van der Waals surface area contributed by atoms with Crippen molar-refractivity contribution in [2.75, 3.05) is 16.8 Å². The van der Waals surface area contributed by atoms with Gasteiger partial charge >= 0.3 is 0 Å². The lowest BCUT2D eigenvalue weighted by molar-refractivity contribution is 0.362. The Bertz CT molecular complexity index is 1160. The van der Waals surface area contributed by atoms with E-state index in [-0.39, 0.29) is 6.04 Å². The highest BCUT2D eigenvalue weighted by molar-refractivity contribution is 6.29. The van der Waals surface area contributed by atoms with Crippen LogP contribution in [-0.2, 0) is 0 Å². The summed E-state index contributed by atoms with van der Waals surface area (Å²) in [7, 11) is 0. The van der Waals surface area contributed by atoms with Crippen molar-refractivity contribution in [2.24, 2.45) is 0 Å². The fraction of sp³-hybridized carbons (Fsp3) is 0.263. The fourth-order valence-electron chi connectivity index (χ4n) is 3.51. The van der Waals surface area contributed by atoms with E-state index in [1.807, 2.05) is 19.1 Å². The lowest BCUT2D eigenvalue weighted by Gasteiger charge is -2.23. The summed E-state index contributed by atoms with van der Waals surface area (Å²) in [5.74, 6) is 2.49. The molecule has 0 bridgehead atoms. The number of aromatic amines is 1. The standard InChI is InChI=1S/C19H18ClN9O/c1-11-7-18(27-26-11)24-17-9-16(20)23-19(25-17)29-6-2-3-14(29)15-8-12(28-30-15)13-10-21-4-5-22-13/h4-5,7-10,14H,2-3,6H2,1H3,(H2,23,24,25,26,27). The molecule has 0 spiro atoms. The van der Waals surface area contributed by atoms with Crippen LogP contribution >= 0.6 is 11.6 Å². The smallest absolute Gasteiger partial charge is 0.229 e. The summed E-state index contributed by atoms with van der Waals surface area (Å²) in [6.45, 7) is 2.71. The minimum absolute atomic E-state index is 0.0399. The van der Waals surface area contributed by atoms with Crippen molar-refractivity contribution in [1.29, 1.82) is 0 Å². The first-order valence-electron chi connectivity index (χ1n) is 9.49. The Balaban J connectivity index is 1.42. The first-order chi connectivity index (χ1) is 14.7. The lowest BCUT2D eigenvalue weighted by Crippen LogP contribution is -2.24. The summed E-state index contributed by atoms with van der Waals surface area (Å²) < 4.78 is 5.64. The average molecular weight is 424 g/mol. The molecule has 4 aromatic heterocycles. The molecule has 0 aliphatic carbocycles. The molecule has 5 rings (SSSR count). The minimum atomic E-state index is -0.0399. The molecule has 152 valence electrons. The van der Waals surface area contributed by atoms with Gasteiger partial charge in [0.05, 0.1) is 12.2 Å². The van der Waals surface area contributed by atoms with E-state index in [4.69, 9.17) is 16.1 Å². The first kappa shape index (κ1) is 18.5. The molecule has 30 heavy (non-hydrogen) atoms. The highest BCUT2D eigenvalue weighted by Gasteiger charge is 2.32. The number of H-pyrrole nitrogens is 1. The molecule has 0 radical (unpaired) electrons. The van der Waals surface area contributed by atoms with Gasteiger partial charge < -0.3 is 14.7 Å². The number of halogens is 1. The van der Waals surface area contributed by atoms with Crippen LogP contribution in [-0.4, -0.2) is 41.8 Å². The van der Waals surface area contributed by atoms with Gasteiger partial charge in [-0.2, -0.15) is 10.1 Å². The molecule has 0 saturated carbocycles. The van der Waals surface area contributed by atoms with Crippen LogP contribution in [0.2, 0.25) is 5.15 Å². The molecule has 1 fully saturated rings. The molecule has 1 aliphatic heterocycles. The number of nitrogens with zero attached hydrogens (tertiary/aromatic N) is 7. The number of anilines is 3. The Kier molecular flexibility index (Phi) is 4.75. The maximum absolute atomic E-state index is 6.28. The van der Waals surface area contributed by atoms with Crippen molar-refractivity contribution in [1.82, 2.24) is 35.3 Å². The van der Waals surface area contributed by atoms with Crippen LogP contribution in [0.3, 0.4) is 0 Å². The molecule has 1 saturated heterocycles. The zero-order chi connectivity index (χ0) is 20.5. The molecular weight excluding hydrogens is 406 g/mol. The van der Waals surface area contributed by atoms with E-state index < -0.39 is 0 Å². The zero-order valence-corrected chi connectivity index (χ0v) is 16.8. The van der Waals surface area contributed by atoms with Gasteiger partial charge in [-0.15, -0.1) is 0 Å². The van der Waals surface area contributed by atoms with E-state index in [1.165, 1.54) is 0 Å². The molecule has 11 heteroatoms. The van der Waals surface area contributed by atoms with Crippen molar-refractivity contribution in [2.45, 2.75) is 25.8 Å². The van der Waals surface area contributed by atoms with Gasteiger partial charge in [0.1, 0.15) is 22.4 Å². The van der Waals surface area contributed by atoms with Crippen molar-refractivity contribution >= 4 is 29.2 Å². The molecule has 1 unspecified atom stereocenters. The molecular formula is C19H18ClN9O. The zero-order valence-electron chi connectivity index (χ0n) is 16.1. The summed E-state index contributed by atoms with van der Waals surface area (Å²) in [6.07, 6.45) is 6.77. The van der Waals surface area contributed by atoms with Gasteiger partial charge in [-0.1, -0.05) is 16.8 Å². The van der Waals surface area contributed by atoms with E-state index in [0.717, 1.165) is 30.8 Å². The third-order valence-corrected chi connectivity index (χ3v) is 5.03. The molecule has 2 N–H and O–H groups in total. The quantitative estimate of drug-likeness (QED) is 0.462. The maximum Gasteiger partial charge on any atom is 0.229 e. The van der Waals surface area contributed by atoms with Crippen LogP contribution < -0.4 is 10.2 Å². The van der Waals surface area contributed by atoms with Crippen LogP contribution in [0.15, 0.2) is 41.3 Å². The molecule has 4 aromatic rings. The summed E-state index contributed by atoms with van der Waals surface area (Å²) >= 11 is 6.28. The largest absolute Gasteiger partial charge is 0.358 e. The number of hydrogen-bond acceptors (Lipinski definition) is 9. The van der Waals surface area contributed by atoms with Gasteiger partial charge in [-0.25, -0.2) is 4.98 Å². The van der Waals surface area contributed by atoms with E-state index in [9.17, 15) is 0 Å². The molecule has 10 nitrogen and oxygen atoms in total. The van der Waals surface area contributed by atoms with Gasteiger partial charge in [0, 0.05) is 42.8 Å². The average Bonchev–Trinajstić information content (AvgIpc) is 3.48. The summed E-state index contributed by atoms with van der Waals surface area (Å²) in [5.41, 5.74) is 2.26. The predicted molar refractivity (Wildman–Crippen MR) is 110 cm³/mol. The van der Waals surface area contributed by atoms with Crippen molar-refractivity contribution in [3.63, 3.8) is 0 Å². The SMILES string of the molecule is Cc1cc(Nc2cc(Cl)nc(N3CCCC3c3cc(-c4cnccn4)no3)n2)n[nH]1. The van der Waals surface area contributed by atoms with Gasteiger partial charge in [0.15, 0.2) is 11.6 Å². The molecule has 0 aromatic carbocycles. The Morgan fingerprint density at radius 2 is 2.10 bits per heavy atom. The second kappa shape index (κ2) is 7.71. The van der Waals surface area contributed by atoms with Crippen molar-refractivity contribution in [3.8, 4) is 11.4 Å². The molecule has 1 aliphatic rings. The third kappa shape index (κ3) is 3.69. The van der Waals surface area contributed by atoms with Gasteiger partial charge in [0.2, 0.25) is 5.95 Å². The predicted octanol–water partition coefficient (Wildman–Crippen LogP) is 3.69. The van der Waals surface area contributed by atoms with Crippen molar-refractivity contribution in [3.05, 3.63) is 53.4 Å². The Morgan fingerprint density at radius 3 is 2.90 bits per heavy atom. The Labute approximate surface area is 176 Å².